The highest BCUT2D eigenvalue weighted by Gasteiger charge is 2.05. The van der Waals surface area contributed by atoms with Gasteiger partial charge in [0.15, 0.2) is 0 Å². The maximum Gasteiger partial charge on any atom is 0.221 e. The Hall–Kier alpha value is -1.03. The predicted molar refractivity (Wildman–Crippen MR) is 69.6 cm³/mol. The molecule has 1 unspecified atom stereocenters. The van der Waals surface area contributed by atoms with Crippen LogP contribution in [0.4, 0.5) is 4.39 Å². The van der Waals surface area contributed by atoms with E-state index in [0.29, 0.717) is 12.2 Å². The molecule has 0 fully saturated rings. The lowest BCUT2D eigenvalue weighted by Gasteiger charge is -2.10. The van der Waals surface area contributed by atoms with Crippen molar-refractivity contribution < 1.29 is 9.18 Å². The summed E-state index contributed by atoms with van der Waals surface area (Å²) in [5.74, 6) is 0.561. The van der Waals surface area contributed by atoms with E-state index >= 15 is 0 Å². The minimum atomic E-state index is -0.233. The molecule has 1 N–H and O–H groups in total. The molecule has 1 atom stereocenters. The first-order chi connectivity index (χ1) is 8.11. The van der Waals surface area contributed by atoms with E-state index in [1.807, 2.05) is 13.8 Å². The van der Waals surface area contributed by atoms with Crippen molar-refractivity contribution in [2.45, 2.75) is 37.6 Å². The van der Waals surface area contributed by atoms with Crippen molar-refractivity contribution in [3.63, 3.8) is 0 Å². The highest BCUT2D eigenvalue weighted by atomic mass is 32.2. The smallest absolute Gasteiger partial charge is 0.221 e. The highest BCUT2D eigenvalue weighted by Crippen LogP contribution is 2.18. The molecule has 0 radical (unpaired) electrons. The first-order valence-electron chi connectivity index (χ1n) is 5.79. The highest BCUT2D eigenvalue weighted by molar-refractivity contribution is 7.99. The minimum absolute atomic E-state index is 0.0777. The molecule has 0 aliphatic rings. The second-order valence-corrected chi connectivity index (χ2v) is 5.10. The summed E-state index contributed by atoms with van der Waals surface area (Å²) in [6.07, 6.45) is 1.43. The standard InChI is InChI=1S/C13H18FNOS/c1-3-10(2)15-13(16)8-9-17-12-6-4-11(14)5-7-12/h4-7,10H,3,8-9H2,1-2H3,(H,15,16). The van der Waals surface area contributed by atoms with Gasteiger partial charge in [-0.3, -0.25) is 4.79 Å². The topological polar surface area (TPSA) is 29.1 Å². The number of nitrogens with one attached hydrogen (secondary N) is 1. The Kier molecular flexibility index (Phi) is 6.05. The molecule has 0 aliphatic carbocycles. The fourth-order valence-corrected chi connectivity index (χ4v) is 2.09. The molecule has 0 bridgehead atoms. The molecule has 0 heterocycles. The molecule has 0 aromatic heterocycles. The molecular formula is C13H18FNOS. The number of hydrogen-bond donors (Lipinski definition) is 1. The number of amides is 1. The fraction of sp³-hybridized carbons (Fsp3) is 0.462. The zero-order chi connectivity index (χ0) is 12.7. The molecular weight excluding hydrogens is 237 g/mol. The van der Waals surface area contributed by atoms with Crippen molar-refractivity contribution in [3.05, 3.63) is 30.1 Å². The SMILES string of the molecule is CCC(C)NC(=O)CCSc1ccc(F)cc1. The zero-order valence-electron chi connectivity index (χ0n) is 10.2. The molecule has 2 nitrogen and oxygen atoms in total. The van der Waals surface area contributed by atoms with Gasteiger partial charge in [0.25, 0.3) is 0 Å². The summed E-state index contributed by atoms with van der Waals surface area (Å²) < 4.78 is 12.6. The van der Waals surface area contributed by atoms with Crippen LogP contribution in [0.25, 0.3) is 0 Å². The van der Waals surface area contributed by atoms with Gasteiger partial charge >= 0.3 is 0 Å². The van der Waals surface area contributed by atoms with Crippen LogP contribution in [0.1, 0.15) is 26.7 Å². The van der Waals surface area contributed by atoms with Gasteiger partial charge in [-0.2, -0.15) is 0 Å². The monoisotopic (exact) mass is 255 g/mol. The average Bonchev–Trinajstić information content (AvgIpc) is 2.31. The molecule has 1 aromatic rings. The van der Waals surface area contributed by atoms with E-state index in [4.69, 9.17) is 0 Å². The van der Waals surface area contributed by atoms with Crippen LogP contribution >= 0.6 is 11.8 Å². The molecule has 17 heavy (non-hydrogen) atoms. The zero-order valence-corrected chi connectivity index (χ0v) is 11.0. The van der Waals surface area contributed by atoms with E-state index in [1.54, 1.807) is 23.9 Å². The number of thioether (sulfide) groups is 1. The molecule has 1 aromatic carbocycles. The van der Waals surface area contributed by atoms with Gasteiger partial charge in [-0.05, 0) is 37.6 Å². The quantitative estimate of drug-likeness (QED) is 0.791. The number of carbonyl (C=O) groups is 1. The van der Waals surface area contributed by atoms with E-state index in [-0.39, 0.29) is 17.8 Å². The van der Waals surface area contributed by atoms with Crippen LogP contribution in [0.5, 0.6) is 0 Å². The summed E-state index contributed by atoms with van der Waals surface area (Å²) in [6, 6.07) is 6.56. The van der Waals surface area contributed by atoms with Crippen molar-refractivity contribution >= 4 is 17.7 Å². The van der Waals surface area contributed by atoms with Gasteiger partial charge in [0.05, 0.1) is 0 Å². The number of benzene rings is 1. The van der Waals surface area contributed by atoms with Crippen LogP contribution < -0.4 is 5.32 Å². The average molecular weight is 255 g/mol. The Morgan fingerprint density at radius 2 is 2.06 bits per heavy atom. The predicted octanol–water partition coefficient (Wildman–Crippen LogP) is 3.22. The van der Waals surface area contributed by atoms with Crippen LogP contribution in [0.2, 0.25) is 0 Å². The van der Waals surface area contributed by atoms with Crippen LogP contribution in [-0.2, 0) is 4.79 Å². The van der Waals surface area contributed by atoms with E-state index in [2.05, 4.69) is 5.32 Å². The van der Waals surface area contributed by atoms with Gasteiger partial charge in [0.1, 0.15) is 5.82 Å². The summed E-state index contributed by atoms with van der Waals surface area (Å²) >= 11 is 1.56. The summed E-state index contributed by atoms with van der Waals surface area (Å²) in [6.45, 7) is 4.03. The second-order valence-electron chi connectivity index (χ2n) is 3.93. The summed E-state index contributed by atoms with van der Waals surface area (Å²) in [5, 5.41) is 2.91. The molecule has 0 aliphatic heterocycles. The second kappa shape index (κ2) is 7.33. The van der Waals surface area contributed by atoms with Gasteiger partial charge in [-0.25, -0.2) is 4.39 Å². The third kappa shape index (κ3) is 5.73. The van der Waals surface area contributed by atoms with Crippen molar-refractivity contribution in [3.8, 4) is 0 Å². The van der Waals surface area contributed by atoms with Crippen molar-refractivity contribution in [2.75, 3.05) is 5.75 Å². The molecule has 4 heteroatoms. The Bertz CT molecular complexity index is 353. The summed E-state index contributed by atoms with van der Waals surface area (Å²) in [5.41, 5.74) is 0. The van der Waals surface area contributed by atoms with E-state index < -0.39 is 0 Å². The number of rotatable bonds is 6. The first kappa shape index (κ1) is 14.0. The van der Waals surface area contributed by atoms with E-state index in [9.17, 15) is 9.18 Å². The van der Waals surface area contributed by atoms with Gasteiger partial charge in [0, 0.05) is 23.1 Å². The third-order valence-corrected chi connectivity index (χ3v) is 3.44. The normalized spacial score (nSPS) is 12.2. The maximum atomic E-state index is 12.6. The van der Waals surface area contributed by atoms with Crippen LogP contribution in [0.3, 0.4) is 0 Å². The van der Waals surface area contributed by atoms with Crippen molar-refractivity contribution in [1.29, 1.82) is 0 Å². The van der Waals surface area contributed by atoms with Gasteiger partial charge in [-0.1, -0.05) is 6.92 Å². The Morgan fingerprint density at radius 1 is 1.41 bits per heavy atom. The molecule has 94 valence electrons. The molecule has 1 amide bonds. The molecule has 0 saturated heterocycles. The van der Waals surface area contributed by atoms with Crippen molar-refractivity contribution in [2.24, 2.45) is 0 Å². The summed E-state index contributed by atoms with van der Waals surface area (Å²) in [7, 11) is 0. The van der Waals surface area contributed by atoms with Gasteiger partial charge < -0.3 is 5.32 Å². The van der Waals surface area contributed by atoms with Crippen LogP contribution in [-0.4, -0.2) is 17.7 Å². The van der Waals surface area contributed by atoms with E-state index in [1.165, 1.54) is 12.1 Å². The summed E-state index contributed by atoms with van der Waals surface area (Å²) in [4.78, 5) is 12.5. The first-order valence-corrected chi connectivity index (χ1v) is 6.78. The maximum absolute atomic E-state index is 12.6. The number of hydrogen-bond acceptors (Lipinski definition) is 2. The Labute approximate surface area is 106 Å². The lowest BCUT2D eigenvalue weighted by atomic mass is 10.2. The third-order valence-electron chi connectivity index (χ3n) is 2.43. The van der Waals surface area contributed by atoms with E-state index in [0.717, 1.165) is 11.3 Å². The lowest BCUT2D eigenvalue weighted by Crippen LogP contribution is -2.32. The molecule has 1 rings (SSSR count). The largest absolute Gasteiger partial charge is 0.354 e. The lowest BCUT2D eigenvalue weighted by molar-refractivity contribution is -0.121. The number of carbonyl (C=O) groups excluding carboxylic acids is 1. The van der Waals surface area contributed by atoms with Gasteiger partial charge in [0.2, 0.25) is 5.91 Å². The fourth-order valence-electron chi connectivity index (χ4n) is 1.24. The number of halogens is 1. The Morgan fingerprint density at radius 3 is 2.65 bits per heavy atom. The van der Waals surface area contributed by atoms with Crippen LogP contribution in [0.15, 0.2) is 29.2 Å². The minimum Gasteiger partial charge on any atom is -0.354 e. The molecule has 0 spiro atoms. The Balaban J connectivity index is 2.23. The van der Waals surface area contributed by atoms with Crippen molar-refractivity contribution in [1.82, 2.24) is 5.32 Å². The van der Waals surface area contributed by atoms with Crippen LogP contribution in [0, 0.1) is 5.82 Å². The molecule has 0 saturated carbocycles. The van der Waals surface area contributed by atoms with Gasteiger partial charge in [-0.15, -0.1) is 11.8 Å².